The fourth-order valence-electron chi connectivity index (χ4n) is 2.65. The van der Waals surface area contributed by atoms with Crippen LogP contribution < -0.4 is 5.32 Å². The summed E-state index contributed by atoms with van der Waals surface area (Å²) in [7, 11) is 0. The normalized spacial score (nSPS) is 16.8. The lowest BCUT2D eigenvalue weighted by atomic mass is 9.98. The summed E-state index contributed by atoms with van der Waals surface area (Å²) in [6.45, 7) is 5.10. The Bertz CT molecular complexity index is 417. The quantitative estimate of drug-likeness (QED) is 0.895. The number of nitrogens with zero attached hydrogens (tertiary/aromatic N) is 1. The van der Waals surface area contributed by atoms with E-state index in [1.807, 2.05) is 6.92 Å². The highest BCUT2D eigenvalue weighted by Gasteiger charge is 2.27. The maximum atomic E-state index is 13.9. The molecule has 0 radical (unpaired) electrons. The van der Waals surface area contributed by atoms with Crippen LogP contribution in [0.5, 0.6) is 0 Å². The number of piperazine rings is 1. The van der Waals surface area contributed by atoms with Gasteiger partial charge in [-0.2, -0.15) is 0 Å². The Hall–Kier alpha value is -0.490. The first kappa shape index (κ1) is 20.5. The van der Waals surface area contributed by atoms with Gasteiger partial charge < -0.3 is 5.32 Å². The topological polar surface area (TPSA) is 15.3 Å². The molecule has 1 aliphatic rings. The zero-order chi connectivity index (χ0) is 13.8. The van der Waals surface area contributed by atoms with Crippen molar-refractivity contribution < 1.29 is 13.2 Å². The van der Waals surface area contributed by atoms with Crippen LogP contribution in [0.25, 0.3) is 0 Å². The largest absolute Gasteiger partial charge is 0.314 e. The summed E-state index contributed by atoms with van der Waals surface area (Å²) in [5.74, 6) is -2.43. The second-order valence-electron chi connectivity index (χ2n) is 4.87. The van der Waals surface area contributed by atoms with Crippen LogP contribution in [0.4, 0.5) is 13.2 Å². The van der Waals surface area contributed by atoms with Gasteiger partial charge >= 0.3 is 0 Å². The molecule has 0 spiro atoms. The van der Waals surface area contributed by atoms with E-state index in [-0.39, 0.29) is 36.4 Å². The second kappa shape index (κ2) is 9.51. The minimum Gasteiger partial charge on any atom is -0.314 e. The zero-order valence-corrected chi connectivity index (χ0v) is 13.5. The van der Waals surface area contributed by atoms with E-state index in [1.54, 1.807) is 0 Å². The summed E-state index contributed by atoms with van der Waals surface area (Å²) in [5.41, 5.74) is 0.00477. The summed E-state index contributed by atoms with van der Waals surface area (Å²) >= 11 is 0. The highest BCUT2D eigenvalue weighted by Crippen LogP contribution is 2.30. The Morgan fingerprint density at radius 1 is 1.10 bits per heavy atom. The first-order valence-electron chi connectivity index (χ1n) is 6.72. The number of halogens is 5. The van der Waals surface area contributed by atoms with Gasteiger partial charge in [-0.05, 0) is 6.42 Å². The predicted molar refractivity (Wildman–Crippen MR) is 82.9 cm³/mol. The Balaban J connectivity index is 0.00000200. The molecule has 0 aromatic heterocycles. The van der Waals surface area contributed by atoms with Crippen LogP contribution in [-0.2, 0) is 0 Å². The van der Waals surface area contributed by atoms with E-state index in [9.17, 15) is 13.2 Å². The van der Waals surface area contributed by atoms with E-state index in [1.165, 1.54) is 0 Å². The van der Waals surface area contributed by atoms with Crippen molar-refractivity contribution in [1.29, 1.82) is 0 Å². The maximum absolute atomic E-state index is 13.9. The Labute approximate surface area is 135 Å². The van der Waals surface area contributed by atoms with Crippen molar-refractivity contribution in [2.45, 2.75) is 25.8 Å². The molecule has 0 aliphatic carbocycles. The van der Waals surface area contributed by atoms with Crippen LogP contribution in [0, 0.1) is 17.5 Å². The molecule has 0 saturated carbocycles. The molecule has 122 valence electrons. The predicted octanol–water partition coefficient (Wildman–Crippen LogP) is 3.69. The van der Waals surface area contributed by atoms with Crippen LogP contribution >= 0.6 is 24.8 Å². The van der Waals surface area contributed by atoms with Crippen molar-refractivity contribution in [3.05, 3.63) is 35.1 Å². The molecule has 0 bridgehead atoms. The number of hydrogen-bond acceptors (Lipinski definition) is 2. The molecule has 1 saturated heterocycles. The third kappa shape index (κ3) is 5.02. The van der Waals surface area contributed by atoms with Gasteiger partial charge in [-0.15, -0.1) is 24.8 Å². The van der Waals surface area contributed by atoms with Gasteiger partial charge in [0.05, 0.1) is 0 Å². The van der Waals surface area contributed by atoms with Crippen LogP contribution in [0.2, 0.25) is 0 Å². The average Bonchev–Trinajstić information content (AvgIpc) is 2.37. The van der Waals surface area contributed by atoms with E-state index in [0.717, 1.165) is 44.7 Å². The second-order valence-corrected chi connectivity index (χ2v) is 4.87. The van der Waals surface area contributed by atoms with Crippen LogP contribution in [0.1, 0.15) is 31.4 Å². The van der Waals surface area contributed by atoms with Gasteiger partial charge in [0.15, 0.2) is 0 Å². The first-order chi connectivity index (χ1) is 9.13. The smallest absolute Gasteiger partial charge is 0.133 e. The van der Waals surface area contributed by atoms with Crippen LogP contribution in [0.3, 0.4) is 0 Å². The van der Waals surface area contributed by atoms with Gasteiger partial charge in [0, 0.05) is 49.9 Å². The van der Waals surface area contributed by atoms with Gasteiger partial charge in [0.1, 0.15) is 17.5 Å². The molecule has 2 nitrogen and oxygen atoms in total. The molecule has 1 aromatic carbocycles. The average molecular weight is 345 g/mol. The number of benzene rings is 1. The Morgan fingerprint density at radius 2 is 1.62 bits per heavy atom. The van der Waals surface area contributed by atoms with E-state index in [4.69, 9.17) is 0 Å². The number of hydrogen-bond donors (Lipinski definition) is 1. The maximum Gasteiger partial charge on any atom is 0.133 e. The molecule has 0 unspecified atom stereocenters. The summed E-state index contributed by atoms with van der Waals surface area (Å²) in [4.78, 5) is 2.07. The third-order valence-electron chi connectivity index (χ3n) is 3.53. The SMILES string of the molecule is CCC[C@@H](c1c(F)cc(F)cc1F)N1CCNCC1.Cl.Cl. The molecule has 0 amide bonds. The molecular weight excluding hydrogens is 324 g/mol. The lowest BCUT2D eigenvalue weighted by Crippen LogP contribution is -2.45. The Morgan fingerprint density at radius 3 is 2.10 bits per heavy atom. The molecule has 1 aromatic rings. The molecule has 7 heteroatoms. The van der Waals surface area contributed by atoms with Gasteiger partial charge in [-0.3, -0.25) is 4.90 Å². The molecule has 1 fully saturated rings. The van der Waals surface area contributed by atoms with E-state index < -0.39 is 17.5 Å². The summed E-state index contributed by atoms with van der Waals surface area (Å²) < 4.78 is 40.8. The highest BCUT2D eigenvalue weighted by molar-refractivity contribution is 5.85. The summed E-state index contributed by atoms with van der Waals surface area (Å²) in [6, 6.07) is 1.22. The molecule has 1 aliphatic heterocycles. The van der Waals surface area contributed by atoms with Crippen molar-refractivity contribution in [2.24, 2.45) is 0 Å². The minimum atomic E-state index is -0.866. The highest BCUT2D eigenvalue weighted by atomic mass is 35.5. The van der Waals surface area contributed by atoms with Crippen molar-refractivity contribution in [1.82, 2.24) is 10.2 Å². The van der Waals surface area contributed by atoms with E-state index in [0.29, 0.717) is 6.42 Å². The zero-order valence-electron chi connectivity index (χ0n) is 11.9. The molecule has 2 rings (SSSR count). The van der Waals surface area contributed by atoms with E-state index >= 15 is 0 Å². The minimum absolute atomic E-state index is 0. The van der Waals surface area contributed by atoms with Crippen molar-refractivity contribution in [3.8, 4) is 0 Å². The van der Waals surface area contributed by atoms with Gasteiger partial charge in [0.25, 0.3) is 0 Å². The number of nitrogens with one attached hydrogen (secondary N) is 1. The monoisotopic (exact) mass is 344 g/mol. The lowest BCUT2D eigenvalue weighted by molar-refractivity contribution is 0.158. The molecule has 21 heavy (non-hydrogen) atoms. The van der Waals surface area contributed by atoms with Gasteiger partial charge in [-0.1, -0.05) is 13.3 Å². The lowest BCUT2D eigenvalue weighted by Gasteiger charge is -2.35. The fraction of sp³-hybridized carbons (Fsp3) is 0.571. The number of rotatable bonds is 4. The van der Waals surface area contributed by atoms with Crippen molar-refractivity contribution in [2.75, 3.05) is 26.2 Å². The van der Waals surface area contributed by atoms with Crippen LogP contribution in [0.15, 0.2) is 12.1 Å². The Kier molecular flexibility index (Phi) is 9.29. The standard InChI is InChI=1S/C14H19F3N2.2ClH/c1-2-3-13(19-6-4-18-5-7-19)14-11(16)8-10(15)9-12(14)17;;/h8-9,13,18H,2-7H2,1H3;2*1H/t13-;;/m0../s1. The molecular formula is C14H21Cl2F3N2. The van der Waals surface area contributed by atoms with Gasteiger partial charge in [-0.25, -0.2) is 13.2 Å². The first-order valence-corrected chi connectivity index (χ1v) is 6.72. The summed E-state index contributed by atoms with van der Waals surface area (Å²) in [5, 5.41) is 3.21. The van der Waals surface area contributed by atoms with Crippen molar-refractivity contribution >= 4 is 24.8 Å². The fourth-order valence-corrected chi connectivity index (χ4v) is 2.65. The van der Waals surface area contributed by atoms with Gasteiger partial charge in [0.2, 0.25) is 0 Å². The van der Waals surface area contributed by atoms with Crippen LogP contribution in [-0.4, -0.2) is 31.1 Å². The van der Waals surface area contributed by atoms with Crippen molar-refractivity contribution in [3.63, 3.8) is 0 Å². The summed E-state index contributed by atoms with van der Waals surface area (Å²) in [6.07, 6.45) is 1.49. The molecule has 1 atom stereocenters. The van der Waals surface area contributed by atoms with E-state index in [2.05, 4.69) is 10.2 Å². The molecule has 1 N–H and O–H groups in total. The third-order valence-corrected chi connectivity index (χ3v) is 3.53. The molecule has 1 heterocycles.